The van der Waals surface area contributed by atoms with Crippen molar-refractivity contribution in [2.75, 3.05) is 0 Å². The zero-order valence-corrected chi connectivity index (χ0v) is 11.7. The Hall–Kier alpha value is -1.00. The summed E-state index contributed by atoms with van der Waals surface area (Å²) in [6.07, 6.45) is 7.40. The van der Waals surface area contributed by atoms with Crippen LogP contribution in [0.2, 0.25) is 0 Å². The number of ketones is 2. The van der Waals surface area contributed by atoms with Crippen molar-refractivity contribution in [1.82, 2.24) is 0 Å². The van der Waals surface area contributed by atoms with E-state index in [1.54, 1.807) is 0 Å². The fraction of sp³-hybridized carbons (Fsp3) is 0.286. The molecule has 0 bridgehead atoms. The van der Waals surface area contributed by atoms with E-state index in [2.05, 4.69) is 0 Å². The molecule has 3 aliphatic rings. The lowest BCUT2D eigenvalue weighted by atomic mass is 9.78. The van der Waals surface area contributed by atoms with E-state index >= 15 is 0 Å². The molecule has 2 nitrogen and oxygen atoms in total. The highest BCUT2D eigenvalue weighted by atomic mass is 32.2. The van der Waals surface area contributed by atoms with Gasteiger partial charge in [-0.15, -0.1) is 0 Å². The molecule has 0 radical (unpaired) electrons. The molecule has 0 spiro atoms. The highest BCUT2D eigenvalue weighted by Gasteiger charge is 2.43. The van der Waals surface area contributed by atoms with Crippen LogP contribution < -0.4 is 0 Å². The van der Waals surface area contributed by atoms with Crippen molar-refractivity contribution in [2.24, 2.45) is 11.8 Å². The van der Waals surface area contributed by atoms with E-state index in [-0.39, 0.29) is 23.4 Å². The fourth-order valence-electron chi connectivity index (χ4n) is 2.28. The van der Waals surface area contributed by atoms with E-state index in [0.717, 1.165) is 9.81 Å². The van der Waals surface area contributed by atoms with Gasteiger partial charge in [0.05, 0.1) is 21.6 Å². The molecule has 1 aliphatic heterocycles. The maximum absolute atomic E-state index is 12.4. The van der Waals surface area contributed by atoms with Crippen molar-refractivity contribution in [2.45, 2.75) is 13.8 Å². The van der Waals surface area contributed by atoms with Gasteiger partial charge in [-0.2, -0.15) is 0 Å². The van der Waals surface area contributed by atoms with Crippen LogP contribution in [0.3, 0.4) is 0 Å². The molecular formula is C14H12O2S2. The van der Waals surface area contributed by atoms with Crippen LogP contribution in [0.5, 0.6) is 0 Å². The topological polar surface area (TPSA) is 34.1 Å². The SMILES string of the molecule is CC1=C(C)SC2=C(S1)C(=O)C1C=CC=CC1C2=O. The molecule has 3 rings (SSSR count). The van der Waals surface area contributed by atoms with E-state index in [9.17, 15) is 9.59 Å². The van der Waals surface area contributed by atoms with Crippen LogP contribution in [0.25, 0.3) is 0 Å². The molecule has 92 valence electrons. The van der Waals surface area contributed by atoms with E-state index in [0.29, 0.717) is 9.81 Å². The molecule has 0 aromatic heterocycles. The van der Waals surface area contributed by atoms with Gasteiger partial charge in [-0.1, -0.05) is 47.8 Å². The summed E-state index contributed by atoms with van der Waals surface area (Å²) in [5.41, 5.74) is 0. The van der Waals surface area contributed by atoms with Gasteiger partial charge >= 0.3 is 0 Å². The van der Waals surface area contributed by atoms with Gasteiger partial charge in [-0.25, -0.2) is 0 Å². The Balaban J connectivity index is 2.08. The summed E-state index contributed by atoms with van der Waals surface area (Å²) in [6.45, 7) is 3.99. The number of hydrogen-bond donors (Lipinski definition) is 0. The third kappa shape index (κ3) is 1.67. The molecule has 2 aliphatic carbocycles. The summed E-state index contributed by atoms with van der Waals surface area (Å²) < 4.78 is 0. The van der Waals surface area contributed by atoms with Crippen LogP contribution in [0.4, 0.5) is 0 Å². The zero-order chi connectivity index (χ0) is 12.9. The Morgan fingerprint density at radius 1 is 0.833 bits per heavy atom. The van der Waals surface area contributed by atoms with Crippen molar-refractivity contribution >= 4 is 35.1 Å². The normalized spacial score (nSPS) is 30.8. The van der Waals surface area contributed by atoms with Gasteiger partial charge in [0, 0.05) is 0 Å². The quantitative estimate of drug-likeness (QED) is 0.679. The monoisotopic (exact) mass is 276 g/mol. The Morgan fingerprint density at radius 2 is 1.22 bits per heavy atom. The fourth-order valence-corrected chi connectivity index (χ4v) is 4.54. The Labute approximate surface area is 114 Å². The zero-order valence-electron chi connectivity index (χ0n) is 10.1. The first-order valence-corrected chi connectivity index (χ1v) is 7.44. The number of fused-ring (bicyclic) bond motifs is 1. The molecule has 1 heterocycles. The van der Waals surface area contributed by atoms with Gasteiger partial charge in [0.15, 0.2) is 11.6 Å². The van der Waals surface area contributed by atoms with Crippen LogP contribution in [0, 0.1) is 11.8 Å². The van der Waals surface area contributed by atoms with Crippen LogP contribution in [-0.4, -0.2) is 11.6 Å². The van der Waals surface area contributed by atoms with E-state index in [1.807, 2.05) is 38.2 Å². The minimum absolute atomic E-state index is 0.0968. The summed E-state index contributed by atoms with van der Waals surface area (Å²) in [5, 5.41) is 0. The standard InChI is InChI=1S/C14H12O2S2/c1-7-8(2)18-14-12(16)10-6-4-3-5-9(10)11(15)13(14)17-7/h3-6,9-10H,1-2H3. The molecule has 0 amide bonds. The van der Waals surface area contributed by atoms with Gasteiger partial charge in [0.25, 0.3) is 0 Å². The molecule has 2 unspecified atom stereocenters. The molecule has 0 saturated heterocycles. The smallest absolute Gasteiger partial charge is 0.178 e. The van der Waals surface area contributed by atoms with Gasteiger partial charge < -0.3 is 0 Å². The van der Waals surface area contributed by atoms with Crippen molar-refractivity contribution in [3.05, 3.63) is 43.9 Å². The van der Waals surface area contributed by atoms with Crippen molar-refractivity contribution in [3.8, 4) is 0 Å². The van der Waals surface area contributed by atoms with E-state index in [4.69, 9.17) is 0 Å². The lowest BCUT2D eigenvalue weighted by molar-refractivity contribution is -0.126. The number of hydrogen-bond acceptors (Lipinski definition) is 4. The lowest BCUT2D eigenvalue weighted by Crippen LogP contribution is -2.35. The minimum Gasteiger partial charge on any atom is -0.293 e. The predicted octanol–water partition coefficient (Wildman–Crippen LogP) is 3.44. The molecule has 0 N–H and O–H groups in total. The molecule has 0 saturated carbocycles. The number of Topliss-reactive ketones (excluding diaryl/α,β-unsaturated/α-hetero) is 2. The lowest BCUT2D eigenvalue weighted by Gasteiger charge is -2.32. The van der Waals surface area contributed by atoms with Gasteiger partial charge in [-0.05, 0) is 23.7 Å². The Morgan fingerprint density at radius 3 is 1.61 bits per heavy atom. The van der Waals surface area contributed by atoms with Crippen molar-refractivity contribution < 1.29 is 9.59 Å². The number of allylic oxidation sites excluding steroid dienone is 8. The third-order valence-corrected chi connectivity index (χ3v) is 6.10. The second-order valence-corrected chi connectivity index (χ2v) is 6.97. The maximum Gasteiger partial charge on any atom is 0.178 e. The van der Waals surface area contributed by atoms with E-state index < -0.39 is 0 Å². The van der Waals surface area contributed by atoms with Crippen LogP contribution in [0.1, 0.15) is 13.8 Å². The molecule has 0 aromatic carbocycles. The van der Waals surface area contributed by atoms with Crippen LogP contribution in [-0.2, 0) is 9.59 Å². The molecule has 4 heteroatoms. The molecule has 2 atom stereocenters. The van der Waals surface area contributed by atoms with Crippen LogP contribution in [0.15, 0.2) is 43.9 Å². The first-order valence-electron chi connectivity index (χ1n) is 5.80. The third-order valence-electron chi connectivity index (χ3n) is 3.40. The molecular weight excluding hydrogens is 264 g/mol. The van der Waals surface area contributed by atoms with Crippen molar-refractivity contribution in [3.63, 3.8) is 0 Å². The van der Waals surface area contributed by atoms with Gasteiger partial charge in [0.1, 0.15) is 0 Å². The number of thioether (sulfide) groups is 2. The average Bonchev–Trinajstić information content (AvgIpc) is 2.38. The highest BCUT2D eigenvalue weighted by Crippen LogP contribution is 2.50. The molecule has 0 aromatic rings. The second kappa shape index (κ2) is 4.28. The second-order valence-electron chi connectivity index (χ2n) is 4.52. The predicted molar refractivity (Wildman–Crippen MR) is 75.9 cm³/mol. The Bertz CT molecular complexity index is 529. The van der Waals surface area contributed by atoms with E-state index in [1.165, 1.54) is 23.5 Å². The maximum atomic E-state index is 12.4. The first kappa shape index (κ1) is 12.1. The summed E-state index contributed by atoms with van der Waals surface area (Å²) in [5.74, 6) is -0.389. The van der Waals surface area contributed by atoms with Crippen LogP contribution >= 0.6 is 23.5 Å². The summed E-state index contributed by atoms with van der Waals surface area (Å²) in [4.78, 5) is 28.4. The number of rotatable bonds is 0. The number of carbonyl (C=O) groups excluding carboxylic acids is 2. The minimum atomic E-state index is -0.291. The summed E-state index contributed by atoms with van der Waals surface area (Å²) >= 11 is 2.91. The largest absolute Gasteiger partial charge is 0.293 e. The van der Waals surface area contributed by atoms with Gasteiger partial charge in [-0.3, -0.25) is 9.59 Å². The summed E-state index contributed by atoms with van der Waals surface area (Å²) in [6, 6.07) is 0. The summed E-state index contributed by atoms with van der Waals surface area (Å²) in [7, 11) is 0. The molecule has 0 fully saturated rings. The first-order chi connectivity index (χ1) is 8.59. The average molecular weight is 276 g/mol. The van der Waals surface area contributed by atoms with Crippen molar-refractivity contribution in [1.29, 1.82) is 0 Å². The van der Waals surface area contributed by atoms with Gasteiger partial charge in [0.2, 0.25) is 0 Å². The Kier molecular flexibility index (Phi) is 2.87. The highest BCUT2D eigenvalue weighted by molar-refractivity contribution is 8.14. The number of carbonyl (C=O) groups is 2. The molecule has 18 heavy (non-hydrogen) atoms.